The van der Waals surface area contributed by atoms with E-state index < -0.39 is 17.5 Å². The molecule has 1 N–H and O–H groups in total. The van der Waals surface area contributed by atoms with Crippen LogP contribution in [0.4, 0.5) is 14.6 Å². The summed E-state index contributed by atoms with van der Waals surface area (Å²) in [5, 5.41) is 6.54. The molecule has 0 atom stereocenters. The van der Waals surface area contributed by atoms with Crippen LogP contribution in [0.2, 0.25) is 0 Å². The maximum Gasteiger partial charge on any atom is 0.256 e. The van der Waals surface area contributed by atoms with Gasteiger partial charge in [-0.15, -0.1) is 0 Å². The molecular weight excluding hydrogens is 240 g/mol. The van der Waals surface area contributed by atoms with Crippen molar-refractivity contribution in [2.45, 2.75) is 6.92 Å². The zero-order valence-electron chi connectivity index (χ0n) is 9.87. The summed E-state index contributed by atoms with van der Waals surface area (Å²) < 4.78 is 27.3. The first-order valence-corrected chi connectivity index (χ1v) is 5.24. The van der Waals surface area contributed by atoms with Crippen molar-refractivity contribution in [3.05, 3.63) is 47.2 Å². The number of aromatic nitrogens is 2. The van der Waals surface area contributed by atoms with Gasteiger partial charge in [0.2, 0.25) is 0 Å². The molecule has 1 aromatic heterocycles. The lowest BCUT2D eigenvalue weighted by Crippen LogP contribution is -2.13. The van der Waals surface area contributed by atoms with E-state index in [1.54, 1.807) is 17.8 Å². The van der Waals surface area contributed by atoms with E-state index in [0.29, 0.717) is 5.82 Å². The molecule has 0 aliphatic carbocycles. The highest BCUT2D eigenvalue weighted by Gasteiger charge is 2.11. The van der Waals surface area contributed by atoms with Gasteiger partial charge < -0.3 is 5.32 Å². The van der Waals surface area contributed by atoms with Gasteiger partial charge in [0, 0.05) is 24.4 Å². The van der Waals surface area contributed by atoms with Crippen LogP contribution < -0.4 is 5.32 Å². The van der Waals surface area contributed by atoms with E-state index in [4.69, 9.17) is 0 Å². The Morgan fingerprint density at radius 3 is 2.56 bits per heavy atom. The summed E-state index contributed by atoms with van der Waals surface area (Å²) in [5.74, 6) is -2.21. The fourth-order valence-electron chi connectivity index (χ4n) is 1.45. The number of amides is 1. The van der Waals surface area contributed by atoms with Crippen LogP contribution in [0.15, 0.2) is 24.3 Å². The van der Waals surface area contributed by atoms with Gasteiger partial charge in [-0.25, -0.2) is 8.78 Å². The summed E-state index contributed by atoms with van der Waals surface area (Å²) in [6, 6.07) is 4.65. The zero-order valence-corrected chi connectivity index (χ0v) is 9.87. The van der Waals surface area contributed by atoms with Crippen LogP contribution in [-0.4, -0.2) is 15.7 Å². The van der Waals surface area contributed by atoms with E-state index >= 15 is 0 Å². The summed E-state index contributed by atoms with van der Waals surface area (Å²) in [6.07, 6.45) is 0. The Hall–Kier alpha value is -2.24. The Kier molecular flexibility index (Phi) is 3.10. The van der Waals surface area contributed by atoms with E-state index in [1.807, 2.05) is 6.92 Å². The molecule has 4 nitrogen and oxygen atoms in total. The predicted octanol–water partition coefficient (Wildman–Crippen LogP) is 2.26. The Morgan fingerprint density at radius 1 is 1.28 bits per heavy atom. The molecule has 1 heterocycles. The summed E-state index contributed by atoms with van der Waals surface area (Å²) in [7, 11) is 1.74. The van der Waals surface area contributed by atoms with Crippen LogP contribution in [0.5, 0.6) is 0 Å². The molecule has 6 heteroatoms. The first-order chi connectivity index (χ1) is 8.47. The Balaban J connectivity index is 2.19. The molecular formula is C12H11F2N3O. The average Bonchev–Trinajstić information content (AvgIpc) is 2.61. The summed E-state index contributed by atoms with van der Waals surface area (Å²) in [4.78, 5) is 11.7. The van der Waals surface area contributed by atoms with Gasteiger partial charge in [0.25, 0.3) is 5.91 Å². The standard InChI is InChI=1S/C12H11F2N3O/c1-7-5-11(16-17(7)2)15-12(18)8-3-4-9(13)10(14)6-8/h3-6H,1-2H3,(H,15,16,18). The number of hydrogen-bond acceptors (Lipinski definition) is 2. The number of benzene rings is 1. The minimum absolute atomic E-state index is 0.0391. The first-order valence-electron chi connectivity index (χ1n) is 5.24. The number of aryl methyl sites for hydroxylation is 2. The number of halogens is 2. The first kappa shape index (κ1) is 12.2. The summed E-state index contributed by atoms with van der Waals surface area (Å²) in [5.41, 5.74) is 0.910. The van der Waals surface area contributed by atoms with Crippen molar-refractivity contribution in [2.24, 2.45) is 7.05 Å². The maximum absolute atomic E-state index is 13.0. The molecule has 18 heavy (non-hydrogen) atoms. The average molecular weight is 251 g/mol. The van der Waals surface area contributed by atoms with Crippen LogP contribution >= 0.6 is 0 Å². The van der Waals surface area contributed by atoms with Crippen LogP contribution in [0, 0.1) is 18.6 Å². The van der Waals surface area contributed by atoms with Gasteiger partial charge in [-0.1, -0.05) is 0 Å². The van der Waals surface area contributed by atoms with Crippen LogP contribution in [0.3, 0.4) is 0 Å². The molecule has 1 aromatic carbocycles. The highest BCUT2D eigenvalue weighted by atomic mass is 19.2. The second kappa shape index (κ2) is 4.56. The second-order valence-electron chi connectivity index (χ2n) is 3.88. The molecule has 0 aliphatic heterocycles. The quantitative estimate of drug-likeness (QED) is 0.889. The van der Waals surface area contributed by atoms with Crippen molar-refractivity contribution < 1.29 is 13.6 Å². The number of carbonyl (C=O) groups is 1. The van der Waals surface area contributed by atoms with Gasteiger partial charge in [-0.05, 0) is 25.1 Å². The van der Waals surface area contributed by atoms with Crippen LogP contribution in [-0.2, 0) is 7.05 Å². The normalized spacial score (nSPS) is 10.4. The topological polar surface area (TPSA) is 46.9 Å². The number of anilines is 1. The van der Waals surface area contributed by atoms with Gasteiger partial charge in [-0.2, -0.15) is 5.10 Å². The molecule has 0 aliphatic rings. The molecule has 2 aromatic rings. The third kappa shape index (κ3) is 2.37. The molecule has 0 unspecified atom stereocenters. The van der Waals surface area contributed by atoms with Gasteiger partial charge in [0.1, 0.15) is 0 Å². The molecule has 0 spiro atoms. The molecule has 0 fully saturated rings. The predicted molar refractivity (Wildman–Crippen MR) is 62.3 cm³/mol. The number of nitrogens with one attached hydrogen (secondary N) is 1. The maximum atomic E-state index is 13.0. The van der Waals surface area contributed by atoms with E-state index in [0.717, 1.165) is 17.8 Å². The van der Waals surface area contributed by atoms with Crippen LogP contribution in [0.25, 0.3) is 0 Å². The highest BCUT2D eigenvalue weighted by molar-refractivity contribution is 6.03. The number of rotatable bonds is 2. The van der Waals surface area contributed by atoms with Crippen molar-refractivity contribution in [2.75, 3.05) is 5.32 Å². The fourth-order valence-corrected chi connectivity index (χ4v) is 1.45. The van der Waals surface area contributed by atoms with Crippen molar-refractivity contribution in [3.8, 4) is 0 Å². The summed E-state index contributed by atoms with van der Waals surface area (Å²) in [6.45, 7) is 1.83. The van der Waals surface area contributed by atoms with E-state index in [-0.39, 0.29) is 5.56 Å². The van der Waals surface area contributed by atoms with Crippen molar-refractivity contribution in [1.82, 2.24) is 9.78 Å². The lowest BCUT2D eigenvalue weighted by molar-refractivity contribution is 0.102. The zero-order chi connectivity index (χ0) is 13.3. The third-order valence-electron chi connectivity index (χ3n) is 2.54. The van der Waals surface area contributed by atoms with E-state index in [2.05, 4.69) is 10.4 Å². The minimum atomic E-state index is -1.06. The van der Waals surface area contributed by atoms with E-state index in [1.165, 1.54) is 6.07 Å². The van der Waals surface area contributed by atoms with Crippen molar-refractivity contribution >= 4 is 11.7 Å². The van der Waals surface area contributed by atoms with Crippen molar-refractivity contribution in [3.63, 3.8) is 0 Å². The smallest absolute Gasteiger partial charge is 0.256 e. The number of nitrogens with zero attached hydrogens (tertiary/aromatic N) is 2. The molecule has 0 bridgehead atoms. The monoisotopic (exact) mass is 251 g/mol. The molecule has 0 saturated heterocycles. The number of carbonyl (C=O) groups excluding carboxylic acids is 1. The van der Waals surface area contributed by atoms with Crippen LogP contribution in [0.1, 0.15) is 16.1 Å². The Labute approximate surface area is 102 Å². The largest absolute Gasteiger partial charge is 0.305 e. The van der Waals surface area contributed by atoms with E-state index in [9.17, 15) is 13.6 Å². The Morgan fingerprint density at radius 2 is 2.00 bits per heavy atom. The third-order valence-corrected chi connectivity index (χ3v) is 2.54. The van der Waals surface area contributed by atoms with Gasteiger partial charge in [0.05, 0.1) is 0 Å². The molecule has 0 radical (unpaired) electrons. The summed E-state index contributed by atoms with van der Waals surface area (Å²) >= 11 is 0. The minimum Gasteiger partial charge on any atom is -0.305 e. The second-order valence-corrected chi connectivity index (χ2v) is 3.88. The van der Waals surface area contributed by atoms with Gasteiger partial charge >= 0.3 is 0 Å². The molecule has 2 rings (SSSR count). The number of hydrogen-bond donors (Lipinski definition) is 1. The lowest BCUT2D eigenvalue weighted by Gasteiger charge is -2.02. The molecule has 94 valence electrons. The van der Waals surface area contributed by atoms with Gasteiger partial charge in [0.15, 0.2) is 17.5 Å². The Bertz CT molecular complexity index is 588. The SMILES string of the molecule is Cc1cc(NC(=O)c2ccc(F)c(F)c2)nn1C. The highest BCUT2D eigenvalue weighted by Crippen LogP contribution is 2.12. The molecule has 1 amide bonds. The van der Waals surface area contributed by atoms with Crippen molar-refractivity contribution in [1.29, 1.82) is 0 Å². The lowest BCUT2D eigenvalue weighted by atomic mass is 10.2. The molecule has 0 saturated carbocycles. The fraction of sp³-hybridized carbons (Fsp3) is 0.167. The van der Waals surface area contributed by atoms with Gasteiger partial charge in [-0.3, -0.25) is 9.48 Å².